The fraction of sp³-hybridized carbons (Fsp3) is 0.831. The van der Waals surface area contributed by atoms with Crippen LogP contribution in [-0.4, -0.2) is 37.2 Å². The molecular weight excluding hydrogens is 877 g/mol. The Hall–Kier alpha value is -2.63. The van der Waals surface area contributed by atoms with Gasteiger partial charge in [-0.05, 0) is 77.0 Å². The zero-order chi connectivity index (χ0) is 51.4. The van der Waals surface area contributed by atoms with E-state index >= 15 is 0 Å². The lowest BCUT2D eigenvalue weighted by Crippen LogP contribution is -2.30. The lowest BCUT2D eigenvalue weighted by atomic mass is 10.0. The Morgan fingerprint density at radius 3 is 0.887 bits per heavy atom. The van der Waals surface area contributed by atoms with Crippen molar-refractivity contribution in [2.75, 3.05) is 13.2 Å². The predicted molar refractivity (Wildman–Crippen MR) is 307 cm³/mol. The molecule has 71 heavy (non-hydrogen) atoms. The molecule has 0 bridgehead atoms. The molecule has 1 unspecified atom stereocenters. The van der Waals surface area contributed by atoms with Crippen LogP contribution in [0.15, 0.2) is 48.6 Å². The molecule has 1 atom stereocenters. The Kier molecular flexibility index (Phi) is 57.7. The number of rotatable bonds is 57. The van der Waals surface area contributed by atoms with E-state index in [4.69, 9.17) is 14.2 Å². The molecule has 0 amide bonds. The number of hydrogen-bond donors (Lipinski definition) is 0. The van der Waals surface area contributed by atoms with Crippen LogP contribution in [0.25, 0.3) is 0 Å². The monoisotopic (exact) mass is 995 g/mol. The second-order valence-corrected chi connectivity index (χ2v) is 20.9. The van der Waals surface area contributed by atoms with Crippen molar-refractivity contribution in [3.8, 4) is 0 Å². The van der Waals surface area contributed by atoms with Crippen LogP contribution < -0.4 is 0 Å². The second-order valence-electron chi connectivity index (χ2n) is 20.9. The summed E-state index contributed by atoms with van der Waals surface area (Å²) >= 11 is 0. The largest absolute Gasteiger partial charge is 0.462 e. The molecule has 0 radical (unpaired) electrons. The summed E-state index contributed by atoms with van der Waals surface area (Å²) in [6.07, 6.45) is 74.9. The van der Waals surface area contributed by atoms with Crippen molar-refractivity contribution in [3.63, 3.8) is 0 Å². The molecule has 0 rings (SSSR count). The summed E-state index contributed by atoms with van der Waals surface area (Å²) in [7, 11) is 0. The highest BCUT2D eigenvalue weighted by Crippen LogP contribution is 2.17. The first-order chi connectivity index (χ1) is 35.0. The minimum absolute atomic E-state index is 0.0823. The van der Waals surface area contributed by atoms with E-state index < -0.39 is 6.10 Å². The van der Waals surface area contributed by atoms with E-state index in [0.717, 1.165) is 89.9 Å². The molecule has 414 valence electrons. The van der Waals surface area contributed by atoms with Crippen LogP contribution in [0, 0.1) is 0 Å². The number of unbranched alkanes of at least 4 members (excludes halogenated alkanes) is 38. The molecule has 0 spiro atoms. The zero-order valence-corrected chi connectivity index (χ0v) is 47.5. The van der Waals surface area contributed by atoms with Crippen molar-refractivity contribution in [1.29, 1.82) is 0 Å². The molecule has 0 aromatic heterocycles. The van der Waals surface area contributed by atoms with Gasteiger partial charge in [0, 0.05) is 19.3 Å². The third-order valence-electron chi connectivity index (χ3n) is 13.8. The van der Waals surface area contributed by atoms with Crippen molar-refractivity contribution < 1.29 is 28.6 Å². The first-order valence-corrected chi connectivity index (χ1v) is 31.1. The van der Waals surface area contributed by atoms with Gasteiger partial charge in [0.25, 0.3) is 0 Å². The third kappa shape index (κ3) is 58.1. The minimum Gasteiger partial charge on any atom is -0.462 e. The summed E-state index contributed by atoms with van der Waals surface area (Å²) in [5, 5.41) is 0. The van der Waals surface area contributed by atoms with Gasteiger partial charge in [-0.1, -0.05) is 281 Å². The average molecular weight is 996 g/mol. The Morgan fingerprint density at radius 1 is 0.296 bits per heavy atom. The Balaban J connectivity index is 3.83. The van der Waals surface area contributed by atoms with Crippen LogP contribution in [0.3, 0.4) is 0 Å². The Bertz CT molecular complexity index is 1230. The first kappa shape index (κ1) is 68.4. The Morgan fingerprint density at radius 2 is 0.549 bits per heavy atom. The van der Waals surface area contributed by atoms with Crippen molar-refractivity contribution in [3.05, 3.63) is 48.6 Å². The van der Waals surface area contributed by atoms with Gasteiger partial charge in [0.2, 0.25) is 0 Å². The maximum absolute atomic E-state index is 12.7. The third-order valence-corrected chi connectivity index (χ3v) is 13.8. The molecule has 0 saturated heterocycles. The molecular formula is C65H118O6. The lowest BCUT2D eigenvalue weighted by molar-refractivity contribution is -0.167. The average Bonchev–Trinajstić information content (AvgIpc) is 3.37. The van der Waals surface area contributed by atoms with Gasteiger partial charge in [0.15, 0.2) is 6.10 Å². The molecule has 6 nitrogen and oxygen atoms in total. The van der Waals surface area contributed by atoms with Crippen LogP contribution in [0.1, 0.15) is 329 Å². The lowest BCUT2D eigenvalue weighted by Gasteiger charge is -2.18. The van der Waals surface area contributed by atoms with Gasteiger partial charge in [0.1, 0.15) is 13.2 Å². The molecule has 0 heterocycles. The van der Waals surface area contributed by atoms with Crippen LogP contribution in [0.4, 0.5) is 0 Å². The highest BCUT2D eigenvalue weighted by atomic mass is 16.6. The van der Waals surface area contributed by atoms with Gasteiger partial charge in [-0.15, -0.1) is 0 Å². The summed E-state index contributed by atoms with van der Waals surface area (Å²) in [6.45, 7) is 6.44. The number of hydrogen-bond acceptors (Lipinski definition) is 6. The van der Waals surface area contributed by atoms with Crippen LogP contribution in [0.2, 0.25) is 0 Å². The van der Waals surface area contributed by atoms with Crippen molar-refractivity contribution >= 4 is 17.9 Å². The van der Waals surface area contributed by atoms with Crippen LogP contribution in [0.5, 0.6) is 0 Å². The standard InChI is InChI=1S/C65H118O6/c1-4-7-10-13-15-17-19-21-22-23-24-25-26-27-28-29-30-31-32-33-34-35-36-37-38-39-40-41-42-44-45-47-49-52-55-58-64(67)70-61-62(60-69-63(66)57-54-51-12-9-6-3)71-65(68)59-56-53-50-48-46-43-20-18-16-14-11-8-5-2/h8,11,16,18,23-24,43,46,62H,4-7,9-10,12-15,17,19-22,25-42,44-45,47-61H2,1-3H3/b11-8-,18-16-,24-23-,46-43-. The number of carbonyl (C=O) groups excluding carboxylic acids is 3. The summed E-state index contributed by atoms with van der Waals surface area (Å²) in [5.74, 6) is -0.915. The molecule has 0 aromatic carbocycles. The Labute approximate surface area is 441 Å². The molecule has 6 heteroatoms. The number of esters is 3. The maximum Gasteiger partial charge on any atom is 0.306 e. The maximum atomic E-state index is 12.7. The normalized spacial score (nSPS) is 12.3. The first-order valence-electron chi connectivity index (χ1n) is 31.1. The fourth-order valence-corrected chi connectivity index (χ4v) is 9.16. The second kappa shape index (κ2) is 59.9. The summed E-state index contributed by atoms with van der Waals surface area (Å²) in [6, 6.07) is 0. The van der Waals surface area contributed by atoms with E-state index in [0.29, 0.717) is 19.3 Å². The van der Waals surface area contributed by atoms with E-state index in [-0.39, 0.29) is 31.1 Å². The van der Waals surface area contributed by atoms with Crippen LogP contribution in [-0.2, 0) is 28.6 Å². The van der Waals surface area contributed by atoms with Crippen molar-refractivity contribution in [1.82, 2.24) is 0 Å². The summed E-state index contributed by atoms with van der Waals surface area (Å²) in [4.78, 5) is 37.7. The van der Waals surface area contributed by atoms with Crippen molar-refractivity contribution in [2.24, 2.45) is 0 Å². The number of ether oxygens (including phenoxy) is 3. The van der Waals surface area contributed by atoms with E-state index in [1.165, 1.54) is 199 Å². The van der Waals surface area contributed by atoms with Gasteiger partial charge >= 0.3 is 17.9 Å². The smallest absolute Gasteiger partial charge is 0.306 e. The molecule has 0 aliphatic heterocycles. The molecule has 0 aliphatic carbocycles. The molecule has 0 saturated carbocycles. The summed E-state index contributed by atoms with van der Waals surface area (Å²) < 4.78 is 16.7. The highest BCUT2D eigenvalue weighted by Gasteiger charge is 2.19. The minimum atomic E-state index is -0.782. The quantitative estimate of drug-likeness (QED) is 0.0261. The fourth-order valence-electron chi connectivity index (χ4n) is 9.16. The molecule has 0 aliphatic rings. The van der Waals surface area contributed by atoms with Gasteiger partial charge in [-0.3, -0.25) is 14.4 Å². The van der Waals surface area contributed by atoms with E-state index in [1.807, 2.05) is 0 Å². The van der Waals surface area contributed by atoms with Gasteiger partial charge < -0.3 is 14.2 Å². The van der Waals surface area contributed by atoms with Gasteiger partial charge in [0.05, 0.1) is 0 Å². The topological polar surface area (TPSA) is 78.9 Å². The van der Waals surface area contributed by atoms with Gasteiger partial charge in [-0.25, -0.2) is 0 Å². The number of carbonyl (C=O) groups is 3. The van der Waals surface area contributed by atoms with E-state index in [2.05, 4.69) is 69.4 Å². The van der Waals surface area contributed by atoms with Crippen LogP contribution >= 0.6 is 0 Å². The SMILES string of the molecule is CC/C=C\C/C=C\C/C=C\CCCCCC(=O)OC(COC(=O)CCCCCCC)COC(=O)CCCCCCCCCCCCCCCCCCCCCCCCC/C=C\CCCCCCCCCC. The highest BCUT2D eigenvalue weighted by molar-refractivity contribution is 5.71. The number of allylic oxidation sites excluding steroid dienone is 8. The molecule has 0 N–H and O–H groups in total. The van der Waals surface area contributed by atoms with E-state index in [1.54, 1.807) is 0 Å². The predicted octanol–water partition coefficient (Wildman–Crippen LogP) is 21.0. The van der Waals surface area contributed by atoms with Crippen molar-refractivity contribution in [2.45, 2.75) is 335 Å². The van der Waals surface area contributed by atoms with Gasteiger partial charge in [-0.2, -0.15) is 0 Å². The molecule has 0 fully saturated rings. The summed E-state index contributed by atoms with van der Waals surface area (Å²) in [5.41, 5.74) is 0. The zero-order valence-electron chi connectivity index (χ0n) is 47.5. The molecule has 0 aromatic rings. The van der Waals surface area contributed by atoms with E-state index in [9.17, 15) is 14.4 Å².